The van der Waals surface area contributed by atoms with E-state index in [1.54, 1.807) is 12.4 Å². The first-order valence-electron chi connectivity index (χ1n) is 7.95. The van der Waals surface area contributed by atoms with Crippen molar-refractivity contribution in [2.24, 2.45) is 5.92 Å². The average molecular weight is 389 g/mol. The summed E-state index contributed by atoms with van der Waals surface area (Å²) in [5.41, 5.74) is 2.98. The molecule has 2 amide bonds. The molecule has 1 aromatic heterocycles. The van der Waals surface area contributed by atoms with Crippen LogP contribution in [0.25, 0.3) is 0 Å². The normalized spacial score (nSPS) is 14.2. The minimum absolute atomic E-state index is 0.0484. The van der Waals surface area contributed by atoms with Gasteiger partial charge in [0.1, 0.15) is 0 Å². The Balaban J connectivity index is 1.55. The molecule has 5 nitrogen and oxygen atoms in total. The van der Waals surface area contributed by atoms with E-state index in [2.05, 4.69) is 44.4 Å². The highest BCUT2D eigenvalue weighted by Gasteiger charge is 2.31. The Bertz CT molecular complexity index is 728. The van der Waals surface area contributed by atoms with Gasteiger partial charge in [-0.25, -0.2) is 4.79 Å². The van der Waals surface area contributed by atoms with Crippen molar-refractivity contribution < 1.29 is 4.79 Å². The number of amides is 2. The molecule has 0 radical (unpaired) electrons. The van der Waals surface area contributed by atoms with E-state index in [4.69, 9.17) is 0 Å². The molecule has 0 spiro atoms. The van der Waals surface area contributed by atoms with Gasteiger partial charge in [-0.1, -0.05) is 34.1 Å². The van der Waals surface area contributed by atoms with Gasteiger partial charge in [-0.15, -0.1) is 0 Å². The Labute approximate surface area is 150 Å². The molecule has 1 aromatic carbocycles. The monoisotopic (exact) mass is 388 g/mol. The smallest absolute Gasteiger partial charge is 0.321 e. The van der Waals surface area contributed by atoms with Crippen molar-refractivity contribution >= 4 is 33.3 Å². The van der Waals surface area contributed by atoms with Crippen LogP contribution in [0.5, 0.6) is 0 Å². The van der Waals surface area contributed by atoms with Gasteiger partial charge in [0, 0.05) is 37.9 Å². The molecule has 1 fully saturated rings. The maximum absolute atomic E-state index is 12.4. The highest BCUT2D eigenvalue weighted by molar-refractivity contribution is 9.10. The molecule has 3 rings (SSSR count). The lowest BCUT2D eigenvalue weighted by molar-refractivity contribution is 0.131. The molecule has 0 atom stereocenters. The zero-order chi connectivity index (χ0) is 17.1. The fourth-order valence-electron chi connectivity index (χ4n) is 2.88. The number of benzene rings is 1. The van der Waals surface area contributed by atoms with E-state index in [0.29, 0.717) is 5.92 Å². The number of nitrogens with one attached hydrogen (secondary N) is 1. The Morgan fingerprint density at radius 1 is 1.33 bits per heavy atom. The molecule has 24 heavy (non-hydrogen) atoms. The first-order chi connectivity index (χ1) is 11.5. The second kappa shape index (κ2) is 7.21. The van der Waals surface area contributed by atoms with Gasteiger partial charge in [0.2, 0.25) is 0 Å². The van der Waals surface area contributed by atoms with Gasteiger partial charge in [0.25, 0.3) is 0 Å². The summed E-state index contributed by atoms with van der Waals surface area (Å²) in [7, 11) is 3.87. The fourth-order valence-corrected chi connectivity index (χ4v) is 3.33. The van der Waals surface area contributed by atoms with Crippen LogP contribution in [0, 0.1) is 5.92 Å². The number of carbonyl (C=O) groups excluding carboxylic acids is 1. The third-order valence-electron chi connectivity index (χ3n) is 4.23. The first kappa shape index (κ1) is 16.8. The third-order valence-corrected chi connectivity index (χ3v) is 5.01. The molecule has 6 heteroatoms. The Morgan fingerprint density at radius 3 is 2.79 bits per heavy atom. The van der Waals surface area contributed by atoms with Gasteiger partial charge >= 0.3 is 6.03 Å². The molecule has 0 unspecified atom stereocenters. The number of halogens is 1. The topological polar surface area (TPSA) is 48.5 Å². The van der Waals surface area contributed by atoms with Gasteiger partial charge < -0.3 is 15.1 Å². The lowest BCUT2D eigenvalue weighted by Crippen LogP contribution is -2.52. The van der Waals surface area contributed by atoms with Crippen molar-refractivity contribution in [1.29, 1.82) is 0 Å². The van der Waals surface area contributed by atoms with Crippen molar-refractivity contribution in [3.63, 3.8) is 0 Å². The highest BCUT2D eigenvalue weighted by atomic mass is 79.9. The largest absolute Gasteiger partial charge is 0.375 e. The van der Waals surface area contributed by atoms with Crippen LogP contribution in [0.4, 0.5) is 16.2 Å². The van der Waals surface area contributed by atoms with E-state index in [1.165, 1.54) is 5.56 Å². The van der Waals surface area contributed by atoms with Crippen LogP contribution in [0.2, 0.25) is 0 Å². The van der Waals surface area contributed by atoms with Gasteiger partial charge in [0.05, 0.1) is 17.6 Å². The second-order valence-electron chi connectivity index (χ2n) is 6.28. The zero-order valence-electron chi connectivity index (χ0n) is 13.9. The van der Waals surface area contributed by atoms with Crippen molar-refractivity contribution in [2.45, 2.75) is 6.42 Å². The lowest BCUT2D eigenvalue weighted by Gasteiger charge is -2.39. The quantitative estimate of drug-likeness (QED) is 0.869. The summed E-state index contributed by atoms with van der Waals surface area (Å²) in [5, 5.41) is 2.99. The van der Waals surface area contributed by atoms with E-state index in [-0.39, 0.29) is 6.03 Å². The summed E-state index contributed by atoms with van der Waals surface area (Å²) in [6.45, 7) is 1.57. The van der Waals surface area contributed by atoms with E-state index in [1.807, 2.05) is 36.0 Å². The molecular formula is C18H21BrN4O. The second-order valence-corrected chi connectivity index (χ2v) is 7.14. The molecule has 126 valence electrons. The molecule has 1 aliphatic heterocycles. The number of hydrogen-bond acceptors (Lipinski definition) is 3. The van der Waals surface area contributed by atoms with Crippen LogP contribution < -0.4 is 10.2 Å². The number of urea groups is 1. The molecule has 0 saturated carbocycles. The Morgan fingerprint density at radius 2 is 2.08 bits per heavy atom. The van der Waals surface area contributed by atoms with Gasteiger partial charge in [0.15, 0.2) is 0 Å². The molecule has 2 heterocycles. The van der Waals surface area contributed by atoms with Crippen molar-refractivity contribution in [1.82, 2.24) is 9.88 Å². The standard InChI is InChI=1S/C18H21BrN4O/c1-22(2)17-10-20-8-7-16(17)21-18(24)23-11-13(12-23)9-14-5-3-4-6-15(14)19/h3-8,10,13H,9,11-12H2,1-2H3,(H,20,21,24). The van der Waals surface area contributed by atoms with Crippen LogP contribution in [-0.2, 0) is 6.42 Å². The van der Waals surface area contributed by atoms with Crippen molar-refractivity contribution in [3.05, 3.63) is 52.8 Å². The summed E-state index contributed by atoms with van der Waals surface area (Å²) >= 11 is 3.58. The molecule has 1 N–H and O–H groups in total. The Hall–Kier alpha value is -2.08. The van der Waals surface area contributed by atoms with E-state index in [9.17, 15) is 4.79 Å². The van der Waals surface area contributed by atoms with E-state index < -0.39 is 0 Å². The predicted molar refractivity (Wildman–Crippen MR) is 100 cm³/mol. The molecule has 0 aliphatic carbocycles. The maximum atomic E-state index is 12.4. The minimum atomic E-state index is -0.0484. The number of anilines is 2. The number of hydrogen-bond donors (Lipinski definition) is 1. The summed E-state index contributed by atoms with van der Waals surface area (Å²) in [6.07, 6.45) is 4.43. The van der Waals surface area contributed by atoms with Gasteiger partial charge in [-0.3, -0.25) is 4.98 Å². The molecule has 0 bridgehead atoms. The van der Waals surface area contributed by atoms with Gasteiger partial charge in [-0.05, 0) is 30.0 Å². The number of aromatic nitrogens is 1. The van der Waals surface area contributed by atoms with Crippen LogP contribution in [0.15, 0.2) is 47.2 Å². The number of carbonyl (C=O) groups is 1. The van der Waals surface area contributed by atoms with Crippen LogP contribution >= 0.6 is 15.9 Å². The predicted octanol–water partition coefficient (Wildman–Crippen LogP) is 3.62. The van der Waals surface area contributed by atoms with E-state index >= 15 is 0 Å². The van der Waals surface area contributed by atoms with Crippen molar-refractivity contribution in [2.75, 3.05) is 37.4 Å². The number of nitrogens with zero attached hydrogens (tertiary/aromatic N) is 3. The SMILES string of the molecule is CN(C)c1cnccc1NC(=O)N1CC(Cc2ccccc2Br)C1. The summed E-state index contributed by atoms with van der Waals surface area (Å²) in [5.74, 6) is 0.514. The van der Waals surface area contributed by atoms with Crippen LogP contribution in [0.3, 0.4) is 0 Å². The molecular weight excluding hydrogens is 368 g/mol. The molecule has 1 saturated heterocycles. The Kier molecular flexibility index (Phi) is 5.04. The highest BCUT2D eigenvalue weighted by Crippen LogP contribution is 2.27. The van der Waals surface area contributed by atoms with Crippen LogP contribution in [0.1, 0.15) is 5.56 Å². The first-order valence-corrected chi connectivity index (χ1v) is 8.74. The summed E-state index contributed by atoms with van der Waals surface area (Å²) < 4.78 is 1.14. The molecule has 2 aromatic rings. The van der Waals surface area contributed by atoms with Crippen LogP contribution in [-0.4, -0.2) is 43.1 Å². The molecule has 1 aliphatic rings. The zero-order valence-corrected chi connectivity index (χ0v) is 15.5. The number of likely N-dealkylation sites (tertiary alicyclic amines) is 1. The minimum Gasteiger partial charge on any atom is -0.375 e. The maximum Gasteiger partial charge on any atom is 0.321 e. The number of rotatable bonds is 4. The van der Waals surface area contributed by atoms with Crippen molar-refractivity contribution in [3.8, 4) is 0 Å². The van der Waals surface area contributed by atoms with Gasteiger partial charge in [-0.2, -0.15) is 0 Å². The van der Waals surface area contributed by atoms with E-state index in [0.717, 1.165) is 35.4 Å². The fraction of sp³-hybridized carbons (Fsp3) is 0.333. The number of pyridine rings is 1. The summed E-state index contributed by atoms with van der Waals surface area (Å²) in [4.78, 5) is 20.3. The lowest BCUT2D eigenvalue weighted by atomic mass is 9.92. The summed E-state index contributed by atoms with van der Waals surface area (Å²) in [6, 6.07) is 10.0. The third kappa shape index (κ3) is 3.70. The average Bonchev–Trinajstić information content (AvgIpc) is 2.52.